The summed E-state index contributed by atoms with van der Waals surface area (Å²) in [5.74, 6) is 3.04. The highest BCUT2D eigenvalue weighted by Gasteiger charge is 2.17. The minimum Gasteiger partial charge on any atom is -0.497 e. The Hall–Kier alpha value is -3.91. The van der Waals surface area contributed by atoms with Gasteiger partial charge in [-0.25, -0.2) is 0 Å². The van der Waals surface area contributed by atoms with Crippen LogP contribution in [0.25, 0.3) is 33.5 Å². The van der Waals surface area contributed by atoms with Crippen LogP contribution in [-0.2, 0) is 17.3 Å². The molecule has 7 nitrogen and oxygen atoms in total. The number of nitrogens with zero attached hydrogens (tertiary/aromatic N) is 3. The lowest BCUT2D eigenvalue weighted by atomic mass is 10.0. The summed E-state index contributed by atoms with van der Waals surface area (Å²) in [6, 6.07) is 19.5. The number of furan rings is 1. The van der Waals surface area contributed by atoms with Crippen LogP contribution in [0.4, 0.5) is 0 Å². The van der Waals surface area contributed by atoms with Gasteiger partial charge in [0.05, 0.1) is 27.0 Å². The van der Waals surface area contributed by atoms with Gasteiger partial charge in [0.1, 0.15) is 22.9 Å². The minimum atomic E-state index is -1.02. The van der Waals surface area contributed by atoms with Crippen LogP contribution in [0, 0.1) is 6.92 Å². The molecule has 2 aromatic heterocycles. The van der Waals surface area contributed by atoms with Crippen molar-refractivity contribution < 1.29 is 18.1 Å². The van der Waals surface area contributed by atoms with E-state index in [1.54, 1.807) is 26.7 Å². The SMILES string of the molecule is COc1ccc(Cn2c(C)nnc2-c2ccc3occ(-c4ccc(S(C)=O)cc4)c3c2)c(OC)c1. The van der Waals surface area contributed by atoms with Gasteiger partial charge in [-0.1, -0.05) is 12.1 Å². The van der Waals surface area contributed by atoms with Gasteiger partial charge in [-0.2, -0.15) is 0 Å². The third-order valence-corrected chi connectivity index (χ3v) is 7.02. The smallest absolute Gasteiger partial charge is 0.164 e. The molecule has 0 saturated heterocycles. The molecule has 1 unspecified atom stereocenters. The zero-order chi connectivity index (χ0) is 24.5. The number of hydrogen-bond acceptors (Lipinski definition) is 6. The maximum Gasteiger partial charge on any atom is 0.164 e. The number of aromatic nitrogens is 3. The largest absolute Gasteiger partial charge is 0.497 e. The monoisotopic (exact) mass is 487 g/mol. The quantitative estimate of drug-likeness (QED) is 0.303. The highest BCUT2D eigenvalue weighted by Crippen LogP contribution is 2.34. The molecule has 178 valence electrons. The first-order valence-corrected chi connectivity index (χ1v) is 12.6. The lowest BCUT2D eigenvalue weighted by Crippen LogP contribution is -2.06. The van der Waals surface area contributed by atoms with Crippen LogP contribution in [0.1, 0.15) is 11.4 Å². The molecule has 0 radical (unpaired) electrons. The number of fused-ring (bicyclic) bond motifs is 1. The van der Waals surface area contributed by atoms with Crippen LogP contribution < -0.4 is 9.47 Å². The predicted molar refractivity (Wildman–Crippen MR) is 136 cm³/mol. The number of aryl methyl sites for hydroxylation is 1. The van der Waals surface area contributed by atoms with Crippen LogP contribution >= 0.6 is 0 Å². The Morgan fingerprint density at radius 3 is 2.43 bits per heavy atom. The van der Waals surface area contributed by atoms with Crippen LogP contribution in [0.15, 0.2) is 76.2 Å². The third-order valence-electron chi connectivity index (χ3n) is 6.09. The fraction of sp³-hybridized carbons (Fsp3) is 0.185. The van der Waals surface area contributed by atoms with E-state index in [1.165, 1.54) is 0 Å². The molecule has 0 N–H and O–H groups in total. The summed E-state index contributed by atoms with van der Waals surface area (Å²) in [5.41, 5.74) is 4.67. The molecule has 0 amide bonds. The first-order chi connectivity index (χ1) is 17.0. The molecule has 0 aliphatic rings. The van der Waals surface area contributed by atoms with Gasteiger partial charge in [0.15, 0.2) is 5.82 Å². The van der Waals surface area contributed by atoms with Crippen LogP contribution in [-0.4, -0.2) is 39.4 Å². The van der Waals surface area contributed by atoms with Gasteiger partial charge in [-0.3, -0.25) is 4.21 Å². The fourth-order valence-corrected chi connectivity index (χ4v) is 4.67. The van der Waals surface area contributed by atoms with E-state index in [-0.39, 0.29) is 0 Å². The average Bonchev–Trinajstić information content (AvgIpc) is 3.47. The molecule has 1 atom stereocenters. The standard InChI is InChI=1S/C27H25N3O4S/c1-17-28-29-27(30(17)15-20-5-9-21(32-2)14-26(20)33-3)19-8-12-25-23(13-19)24(16-34-25)18-6-10-22(11-7-18)35(4)31/h5-14,16H,15H2,1-4H3. The fourth-order valence-electron chi connectivity index (χ4n) is 4.15. The Morgan fingerprint density at radius 1 is 0.943 bits per heavy atom. The molecule has 3 aromatic carbocycles. The summed E-state index contributed by atoms with van der Waals surface area (Å²) in [5, 5.41) is 9.80. The van der Waals surface area contributed by atoms with Gasteiger partial charge in [0.25, 0.3) is 0 Å². The molecule has 0 bridgehead atoms. The summed E-state index contributed by atoms with van der Waals surface area (Å²) in [4.78, 5) is 0.791. The highest BCUT2D eigenvalue weighted by atomic mass is 32.2. The normalized spacial score (nSPS) is 12.1. The van der Waals surface area contributed by atoms with E-state index < -0.39 is 10.8 Å². The van der Waals surface area contributed by atoms with E-state index in [4.69, 9.17) is 13.9 Å². The van der Waals surface area contributed by atoms with E-state index in [9.17, 15) is 4.21 Å². The summed E-state index contributed by atoms with van der Waals surface area (Å²) < 4.78 is 30.6. The Labute approximate surface area is 205 Å². The molecule has 5 rings (SSSR count). The molecule has 2 heterocycles. The first kappa shape index (κ1) is 22.9. The molecule has 35 heavy (non-hydrogen) atoms. The average molecular weight is 488 g/mol. The molecule has 0 spiro atoms. The maximum atomic E-state index is 11.8. The van der Waals surface area contributed by atoms with E-state index in [1.807, 2.05) is 61.5 Å². The van der Waals surface area contributed by atoms with Crippen molar-refractivity contribution in [1.82, 2.24) is 14.8 Å². The second kappa shape index (κ2) is 9.38. The lowest BCUT2D eigenvalue weighted by Gasteiger charge is -2.13. The lowest BCUT2D eigenvalue weighted by molar-refractivity contribution is 0.390. The molecule has 8 heteroatoms. The van der Waals surface area contributed by atoms with Gasteiger partial charge in [-0.15, -0.1) is 10.2 Å². The van der Waals surface area contributed by atoms with Crippen molar-refractivity contribution in [2.75, 3.05) is 20.5 Å². The predicted octanol–water partition coefficient (Wildman–Crippen LogP) is 5.47. The van der Waals surface area contributed by atoms with Crippen molar-refractivity contribution in [1.29, 1.82) is 0 Å². The second-order valence-corrected chi connectivity index (χ2v) is 9.55. The maximum absolute atomic E-state index is 11.8. The van der Waals surface area contributed by atoms with Crippen LogP contribution in [0.2, 0.25) is 0 Å². The van der Waals surface area contributed by atoms with Gasteiger partial charge in [0.2, 0.25) is 0 Å². The molecule has 0 aliphatic heterocycles. The van der Waals surface area contributed by atoms with E-state index in [0.717, 1.165) is 61.3 Å². The van der Waals surface area contributed by atoms with Crippen molar-refractivity contribution in [3.05, 3.63) is 78.3 Å². The van der Waals surface area contributed by atoms with E-state index >= 15 is 0 Å². The van der Waals surface area contributed by atoms with Crippen LogP contribution in [0.3, 0.4) is 0 Å². The van der Waals surface area contributed by atoms with Crippen molar-refractivity contribution in [2.24, 2.45) is 0 Å². The summed E-state index contributed by atoms with van der Waals surface area (Å²) >= 11 is 0. The molecule has 0 saturated carbocycles. The topological polar surface area (TPSA) is 79.4 Å². The molecule has 0 fully saturated rings. The van der Waals surface area contributed by atoms with Gasteiger partial charge < -0.3 is 18.5 Å². The van der Waals surface area contributed by atoms with Crippen molar-refractivity contribution in [2.45, 2.75) is 18.4 Å². The summed E-state index contributed by atoms with van der Waals surface area (Å²) in [7, 11) is 2.27. The van der Waals surface area contributed by atoms with Crippen molar-refractivity contribution >= 4 is 21.8 Å². The van der Waals surface area contributed by atoms with Crippen LogP contribution in [0.5, 0.6) is 11.5 Å². The van der Waals surface area contributed by atoms with Crippen molar-refractivity contribution in [3.8, 4) is 34.0 Å². The number of benzene rings is 3. The van der Waals surface area contributed by atoms with Gasteiger partial charge in [0, 0.05) is 50.1 Å². The zero-order valence-corrected chi connectivity index (χ0v) is 20.8. The molecule has 0 aliphatic carbocycles. The van der Waals surface area contributed by atoms with E-state index in [2.05, 4.69) is 20.8 Å². The number of rotatable bonds is 7. The van der Waals surface area contributed by atoms with Crippen molar-refractivity contribution in [3.63, 3.8) is 0 Å². The van der Waals surface area contributed by atoms with E-state index in [0.29, 0.717) is 6.54 Å². The minimum absolute atomic E-state index is 0.549. The highest BCUT2D eigenvalue weighted by molar-refractivity contribution is 7.84. The zero-order valence-electron chi connectivity index (χ0n) is 19.9. The third kappa shape index (κ3) is 4.33. The Balaban J connectivity index is 1.55. The Kier molecular flexibility index (Phi) is 6.13. The summed E-state index contributed by atoms with van der Waals surface area (Å²) in [6.45, 7) is 2.49. The number of hydrogen-bond donors (Lipinski definition) is 0. The number of ether oxygens (including phenoxy) is 2. The Morgan fingerprint density at radius 2 is 1.71 bits per heavy atom. The number of methoxy groups -OCH3 is 2. The Bertz CT molecular complexity index is 1540. The molecule has 5 aromatic rings. The second-order valence-electron chi connectivity index (χ2n) is 8.17. The van der Waals surface area contributed by atoms with Gasteiger partial charge >= 0.3 is 0 Å². The first-order valence-electron chi connectivity index (χ1n) is 11.0. The molecular weight excluding hydrogens is 462 g/mol. The van der Waals surface area contributed by atoms with Gasteiger partial charge in [-0.05, 0) is 55.0 Å². The summed E-state index contributed by atoms with van der Waals surface area (Å²) in [6.07, 6.45) is 3.43. The molecular formula is C27H25N3O4S.